The Hall–Kier alpha value is -1.20. The number of aliphatic hydroxyl groups excluding tert-OH is 2. The highest BCUT2D eigenvalue weighted by molar-refractivity contribution is 5.48. The van der Waals surface area contributed by atoms with Gasteiger partial charge < -0.3 is 15.5 Å². The molecule has 0 saturated heterocycles. The molecule has 94 valence electrons. The minimum Gasteiger partial charge on any atom is -0.394 e. The van der Waals surface area contributed by atoms with E-state index in [4.69, 9.17) is 10.2 Å². The molecule has 17 heavy (non-hydrogen) atoms. The van der Waals surface area contributed by atoms with Crippen LogP contribution in [0.2, 0.25) is 0 Å². The lowest BCUT2D eigenvalue weighted by atomic mass is 9.96. The number of aromatic nitrogens is 2. The minimum atomic E-state index is -0.352. The van der Waals surface area contributed by atoms with E-state index in [0.717, 1.165) is 42.2 Å². The average Bonchev–Trinajstić information content (AvgIpc) is 2.35. The molecule has 1 aromatic rings. The van der Waals surface area contributed by atoms with Gasteiger partial charge in [0, 0.05) is 11.3 Å². The van der Waals surface area contributed by atoms with Gasteiger partial charge in [-0.1, -0.05) is 0 Å². The second-order valence-corrected chi connectivity index (χ2v) is 4.46. The molecule has 1 aromatic heterocycles. The van der Waals surface area contributed by atoms with Crippen LogP contribution in [0.4, 0.5) is 5.82 Å². The summed E-state index contributed by atoms with van der Waals surface area (Å²) >= 11 is 0. The third-order valence-corrected chi connectivity index (χ3v) is 3.08. The summed E-state index contributed by atoms with van der Waals surface area (Å²) < 4.78 is 0. The molecule has 0 radical (unpaired) electrons. The number of aliphatic hydroxyl groups is 2. The lowest BCUT2D eigenvalue weighted by Crippen LogP contribution is -2.29. The maximum atomic E-state index is 9.09. The Bertz CT molecular complexity index is 392. The molecule has 0 unspecified atom stereocenters. The minimum absolute atomic E-state index is 0.103. The Kier molecular flexibility index (Phi) is 3.91. The molecule has 1 aliphatic rings. The molecular weight excluding hydrogens is 218 g/mol. The van der Waals surface area contributed by atoms with Gasteiger partial charge in [-0.2, -0.15) is 0 Å². The first-order valence-electron chi connectivity index (χ1n) is 6.09. The number of rotatable bonds is 4. The van der Waals surface area contributed by atoms with Crippen LogP contribution in [-0.2, 0) is 12.8 Å². The Labute approximate surface area is 101 Å². The molecule has 2 rings (SSSR count). The van der Waals surface area contributed by atoms with Gasteiger partial charge >= 0.3 is 0 Å². The first-order chi connectivity index (χ1) is 8.24. The summed E-state index contributed by atoms with van der Waals surface area (Å²) in [4.78, 5) is 8.83. The zero-order chi connectivity index (χ0) is 12.3. The summed E-state index contributed by atoms with van der Waals surface area (Å²) in [6, 6.07) is -0.352. The van der Waals surface area contributed by atoms with Crippen LogP contribution in [0, 0.1) is 6.92 Å². The van der Waals surface area contributed by atoms with Crippen LogP contribution in [0.25, 0.3) is 0 Å². The summed E-state index contributed by atoms with van der Waals surface area (Å²) in [6.07, 6.45) is 4.29. The van der Waals surface area contributed by atoms with Crippen LogP contribution >= 0.6 is 0 Å². The predicted molar refractivity (Wildman–Crippen MR) is 65.0 cm³/mol. The fourth-order valence-corrected chi connectivity index (χ4v) is 2.18. The molecule has 0 fully saturated rings. The third kappa shape index (κ3) is 2.73. The van der Waals surface area contributed by atoms with E-state index in [-0.39, 0.29) is 19.3 Å². The summed E-state index contributed by atoms with van der Waals surface area (Å²) in [7, 11) is 0. The second kappa shape index (κ2) is 5.42. The highest BCUT2D eigenvalue weighted by Gasteiger charge is 2.18. The quantitative estimate of drug-likeness (QED) is 0.707. The molecule has 0 amide bonds. The standard InChI is InChI=1S/C12H19N3O2/c1-8-13-11-5-3-2-4-10(11)12(14-8)15-9(6-16)7-17/h9,16-17H,2-7H2,1H3,(H,13,14,15). The number of nitrogens with one attached hydrogen (secondary N) is 1. The number of fused-ring (bicyclic) bond motifs is 1. The number of anilines is 1. The van der Waals surface area contributed by atoms with Crippen molar-refractivity contribution in [2.24, 2.45) is 0 Å². The van der Waals surface area contributed by atoms with E-state index in [2.05, 4.69) is 15.3 Å². The van der Waals surface area contributed by atoms with E-state index in [1.165, 1.54) is 6.42 Å². The summed E-state index contributed by atoms with van der Waals surface area (Å²) in [5.41, 5.74) is 2.26. The average molecular weight is 237 g/mol. The van der Waals surface area contributed by atoms with Gasteiger partial charge in [-0.25, -0.2) is 9.97 Å². The van der Waals surface area contributed by atoms with Crippen molar-refractivity contribution in [2.75, 3.05) is 18.5 Å². The molecule has 1 aliphatic carbocycles. The molecule has 5 heteroatoms. The van der Waals surface area contributed by atoms with Gasteiger partial charge in [-0.05, 0) is 32.6 Å². The first-order valence-corrected chi connectivity index (χ1v) is 6.09. The Morgan fingerprint density at radius 1 is 1.18 bits per heavy atom. The van der Waals surface area contributed by atoms with Crippen LogP contribution in [0.15, 0.2) is 0 Å². The fourth-order valence-electron chi connectivity index (χ4n) is 2.18. The zero-order valence-corrected chi connectivity index (χ0v) is 10.1. The van der Waals surface area contributed by atoms with E-state index >= 15 is 0 Å². The van der Waals surface area contributed by atoms with Gasteiger partial charge in [0.15, 0.2) is 0 Å². The highest BCUT2D eigenvalue weighted by Crippen LogP contribution is 2.25. The summed E-state index contributed by atoms with van der Waals surface area (Å²) in [6.45, 7) is 1.66. The molecule has 0 atom stereocenters. The fraction of sp³-hybridized carbons (Fsp3) is 0.667. The second-order valence-electron chi connectivity index (χ2n) is 4.46. The van der Waals surface area contributed by atoms with Crippen molar-refractivity contribution in [2.45, 2.75) is 38.6 Å². The molecule has 3 N–H and O–H groups in total. The highest BCUT2D eigenvalue weighted by atomic mass is 16.3. The molecule has 0 aromatic carbocycles. The predicted octanol–water partition coefficient (Wildman–Crippen LogP) is 0.429. The van der Waals surface area contributed by atoms with E-state index in [1.54, 1.807) is 0 Å². The van der Waals surface area contributed by atoms with Crippen LogP contribution in [-0.4, -0.2) is 39.4 Å². The summed E-state index contributed by atoms with van der Waals surface area (Å²) in [5.74, 6) is 1.52. The van der Waals surface area contributed by atoms with Gasteiger partial charge in [0.05, 0.1) is 19.3 Å². The van der Waals surface area contributed by atoms with Crippen molar-refractivity contribution in [1.29, 1.82) is 0 Å². The number of hydrogen-bond acceptors (Lipinski definition) is 5. The van der Waals surface area contributed by atoms with E-state index in [1.807, 2.05) is 6.92 Å². The zero-order valence-electron chi connectivity index (χ0n) is 10.1. The van der Waals surface area contributed by atoms with Crippen LogP contribution < -0.4 is 5.32 Å². The Morgan fingerprint density at radius 3 is 2.59 bits per heavy atom. The molecule has 0 bridgehead atoms. The van der Waals surface area contributed by atoms with E-state index < -0.39 is 0 Å². The first kappa shape index (κ1) is 12.3. The smallest absolute Gasteiger partial charge is 0.133 e. The van der Waals surface area contributed by atoms with Crippen molar-refractivity contribution in [3.05, 3.63) is 17.1 Å². The molecule has 0 spiro atoms. The van der Waals surface area contributed by atoms with Crippen molar-refractivity contribution in [3.63, 3.8) is 0 Å². The molecule has 5 nitrogen and oxygen atoms in total. The van der Waals surface area contributed by atoms with Gasteiger partial charge in [0.1, 0.15) is 11.6 Å². The van der Waals surface area contributed by atoms with Crippen molar-refractivity contribution in [1.82, 2.24) is 9.97 Å². The number of nitrogens with zero attached hydrogens (tertiary/aromatic N) is 2. The van der Waals surface area contributed by atoms with Crippen LogP contribution in [0.1, 0.15) is 29.9 Å². The molecular formula is C12H19N3O2. The molecule has 1 heterocycles. The van der Waals surface area contributed by atoms with Crippen molar-refractivity contribution < 1.29 is 10.2 Å². The van der Waals surface area contributed by atoms with Crippen LogP contribution in [0.3, 0.4) is 0 Å². The lowest BCUT2D eigenvalue weighted by Gasteiger charge is -2.21. The van der Waals surface area contributed by atoms with Crippen molar-refractivity contribution >= 4 is 5.82 Å². The van der Waals surface area contributed by atoms with Crippen LogP contribution in [0.5, 0.6) is 0 Å². The monoisotopic (exact) mass is 237 g/mol. The Balaban J connectivity index is 2.28. The third-order valence-electron chi connectivity index (χ3n) is 3.08. The lowest BCUT2D eigenvalue weighted by molar-refractivity contribution is 0.203. The van der Waals surface area contributed by atoms with Crippen molar-refractivity contribution in [3.8, 4) is 0 Å². The van der Waals surface area contributed by atoms with Gasteiger partial charge in [-0.15, -0.1) is 0 Å². The molecule has 0 aliphatic heterocycles. The largest absolute Gasteiger partial charge is 0.394 e. The SMILES string of the molecule is Cc1nc2c(c(NC(CO)CO)n1)CCCC2. The molecule has 0 saturated carbocycles. The van der Waals surface area contributed by atoms with E-state index in [9.17, 15) is 0 Å². The topological polar surface area (TPSA) is 78.3 Å². The van der Waals surface area contributed by atoms with Gasteiger partial charge in [-0.3, -0.25) is 0 Å². The number of aryl methyl sites for hydroxylation is 2. The Morgan fingerprint density at radius 2 is 1.88 bits per heavy atom. The van der Waals surface area contributed by atoms with Gasteiger partial charge in [0.25, 0.3) is 0 Å². The van der Waals surface area contributed by atoms with Gasteiger partial charge in [0.2, 0.25) is 0 Å². The summed E-state index contributed by atoms with van der Waals surface area (Å²) in [5, 5.41) is 21.3. The number of hydrogen-bond donors (Lipinski definition) is 3. The maximum absolute atomic E-state index is 9.09. The normalized spacial score (nSPS) is 14.8. The maximum Gasteiger partial charge on any atom is 0.133 e. The van der Waals surface area contributed by atoms with E-state index in [0.29, 0.717) is 0 Å².